The Bertz CT molecular complexity index is 692. The van der Waals surface area contributed by atoms with Gasteiger partial charge in [-0.2, -0.15) is 13.2 Å². The molecule has 1 heterocycles. The van der Waals surface area contributed by atoms with Crippen molar-refractivity contribution < 1.29 is 27.9 Å². The summed E-state index contributed by atoms with van der Waals surface area (Å²) < 4.78 is 38.7. The van der Waals surface area contributed by atoms with Gasteiger partial charge < -0.3 is 10.0 Å². The number of amides is 1. The van der Waals surface area contributed by atoms with E-state index < -0.39 is 29.7 Å². The summed E-state index contributed by atoms with van der Waals surface area (Å²) >= 11 is 5.71. The predicted octanol–water partition coefficient (Wildman–Crippen LogP) is 3.68. The zero-order valence-electron chi connectivity index (χ0n) is 12.5. The highest BCUT2D eigenvalue weighted by atomic mass is 35.5. The van der Waals surface area contributed by atoms with Gasteiger partial charge in [-0.15, -0.1) is 0 Å². The largest absolute Gasteiger partial charge is 0.480 e. The van der Waals surface area contributed by atoms with Crippen molar-refractivity contribution in [1.29, 1.82) is 0 Å². The van der Waals surface area contributed by atoms with Gasteiger partial charge in [-0.1, -0.05) is 18.0 Å². The van der Waals surface area contributed by atoms with Crippen LogP contribution in [0.15, 0.2) is 18.2 Å². The minimum Gasteiger partial charge on any atom is -0.480 e. The summed E-state index contributed by atoms with van der Waals surface area (Å²) in [4.78, 5) is 25.4. The molecule has 1 amide bonds. The van der Waals surface area contributed by atoms with Gasteiger partial charge in [0.05, 0.1) is 5.56 Å². The van der Waals surface area contributed by atoms with Crippen LogP contribution in [0, 0.1) is 11.8 Å². The number of alkyl halides is 3. The average Bonchev–Trinajstić information content (AvgIpc) is 3.04. The molecule has 1 aliphatic carbocycles. The van der Waals surface area contributed by atoms with E-state index in [9.17, 15) is 27.9 Å². The Morgan fingerprint density at radius 3 is 2.54 bits per heavy atom. The number of carboxylic acid groups (broad SMARTS) is 1. The second-order valence-electron chi connectivity index (χ2n) is 6.32. The molecule has 1 aliphatic heterocycles. The molecular formula is C16H15ClF3NO3. The predicted molar refractivity (Wildman–Crippen MR) is 79.7 cm³/mol. The molecule has 8 heteroatoms. The molecule has 0 spiro atoms. The van der Waals surface area contributed by atoms with E-state index in [-0.39, 0.29) is 29.0 Å². The normalized spacial score (nSPS) is 26.5. The first-order valence-corrected chi connectivity index (χ1v) is 7.98. The zero-order valence-corrected chi connectivity index (χ0v) is 13.3. The molecule has 0 aromatic heterocycles. The molecule has 1 saturated heterocycles. The van der Waals surface area contributed by atoms with Gasteiger partial charge in [0.1, 0.15) is 6.04 Å². The molecule has 130 valence electrons. The first-order valence-electron chi connectivity index (χ1n) is 7.60. The lowest BCUT2D eigenvalue weighted by Gasteiger charge is -2.25. The van der Waals surface area contributed by atoms with E-state index in [4.69, 9.17) is 11.6 Å². The fourth-order valence-corrected chi connectivity index (χ4v) is 4.11. The van der Waals surface area contributed by atoms with Crippen LogP contribution in [0.5, 0.6) is 0 Å². The van der Waals surface area contributed by atoms with Crippen molar-refractivity contribution in [3.63, 3.8) is 0 Å². The standard InChI is InChI=1S/C16H15ClF3NO3/c17-11-5-9(4-10(6-11)16(18,19)20)14(22)21-7-8-2-1-3-12(8)13(21)15(23)24/h4-6,8,12-13H,1-3,7H2,(H,23,24). The third-order valence-corrected chi connectivity index (χ3v) is 5.09. The van der Waals surface area contributed by atoms with Crippen LogP contribution in [-0.2, 0) is 11.0 Å². The lowest BCUT2D eigenvalue weighted by atomic mass is 9.94. The van der Waals surface area contributed by atoms with E-state index in [1.165, 1.54) is 4.90 Å². The summed E-state index contributed by atoms with van der Waals surface area (Å²) in [6.07, 6.45) is -2.17. The Morgan fingerprint density at radius 1 is 1.21 bits per heavy atom. The van der Waals surface area contributed by atoms with Gasteiger partial charge in [0.15, 0.2) is 0 Å². The van der Waals surface area contributed by atoms with Crippen LogP contribution >= 0.6 is 11.6 Å². The zero-order chi connectivity index (χ0) is 17.6. The molecule has 4 nitrogen and oxygen atoms in total. The summed E-state index contributed by atoms with van der Waals surface area (Å²) in [6.45, 7) is 0.258. The number of benzene rings is 1. The smallest absolute Gasteiger partial charge is 0.416 e. The highest BCUT2D eigenvalue weighted by Gasteiger charge is 2.49. The van der Waals surface area contributed by atoms with Gasteiger partial charge in [0, 0.05) is 17.1 Å². The Balaban J connectivity index is 1.94. The molecule has 3 rings (SSSR count). The van der Waals surface area contributed by atoms with E-state index in [1.54, 1.807) is 0 Å². The van der Waals surface area contributed by atoms with Crippen molar-refractivity contribution in [1.82, 2.24) is 4.90 Å². The van der Waals surface area contributed by atoms with E-state index in [1.807, 2.05) is 0 Å². The number of fused-ring (bicyclic) bond motifs is 1. The molecule has 1 saturated carbocycles. The van der Waals surface area contributed by atoms with Gasteiger partial charge in [0.2, 0.25) is 0 Å². The SMILES string of the molecule is O=C(O)C1C2CCCC2CN1C(=O)c1cc(Cl)cc(C(F)(F)F)c1. The molecule has 0 radical (unpaired) electrons. The lowest BCUT2D eigenvalue weighted by Crippen LogP contribution is -2.43. The van der Waals surface area contributed by atoms with Gasteiger partial charge in [-0.05, 0) is 42.9 Å². The number of aliphatic carboxylic acids is 1. The Kier molecular flexibility index (Phi) is 4.23. The fourth-order valence-electron chi connectivity index (χ4n) is 3.87. The molecule has 2 aliphatic rings. The monoisotopic (exact) mass is 361 g/mol. The topological polar surface area (TPSA) is 57.6 Å². The summed E-state index contributed by atoms with van der Waals surface area (Å²) in [5.41, 5.74) is -1.26. The Labute approximate surface area is 141 Å². The number of likely N-dealkylation sites (tertiary alicyclic amines) is 1. The van der Waals surface area contributed by atoms with Crippen LogP contribution < -0.4 is 0 Å². The Hall–Kier alpha value is -1.76. The first-order chi connectivity index (χ1) is 11.2. The van der Waals surface area contributed by atoms with Gasteiger partial charge in [-0.3, -0.25) is 4.79 Å². The van der Waals surface area contributed by atoms with Crippen LogP contribution in [-0.4, -0.2) is 34.5 Å². The van der Waals surface area contributed by atoms with E-state index in [2.05, 4.69) is 0 Å². The second-order valence-corrected chi connectivity index (χ2v) is 6.76. The summed E-state index contributed by atoms with van der Waals surface area (Å²) in [5.74, 6) is -1.87. The number of carboxylic acids is 1. The van der Waals surface area contributed by atoms with Crippen molar-refractivity contribution in [2.45, 2.75) is 31.5 Å². The van der Waals surface area contributed by atoms with Crippen LogP contribution in [0.3, 0.4) is 0 Å². The van der Waals surface area contributed by atoms with E-state index >= 15 is 0 Å². The third-order valence-electron chi connectivity index (χ3n) is 4.88. The fraction of sp³-hybridized carbons (Fsp3) is 0.500. The number of hydrogen-bond donors (Lipinski definition) is 1. The average molecular weight is 362 g/mol. The van der Waals surface area contributed by atoms with Gasteiger partial charge in [0.25, 0.3) is 5.91 Å². The maximum Gasteiger partial charge on any atom is 0.416 e. The number of nitrogens with zero attached hydrogens (tertiary/aromatic N) is 1. The van der Waals surface area contributed by atoms with Crippen molar-refractivity contribution in [3.8, 4) is 0 Å². The number of carbonyl (C=O) groups is 2. The highest BCUT2D eigenvalue weighted by molar-refractivity contribution is 6.31. The van der Waals surface area contributed by atoms with E-state index in [0.29, 0.717) is 0 Å². The Morgan fingerprint density at radius 2 is 1.92 bits per heavy atom. The molecular weight excluding hydrogens is 347 g/mol. The number of hydrogen-bond acceptors (Lipinski definition) is 2. The maximum absolute atomic E-state index is 12.9. The minimum atomic E-state index is -4.63. The quantitative estimate of drug-likeness (QED) is 0.874. The van der Waals surface area contributed by atoms with Crippen molar-refractivity contribution in [2.24, 2.45) is 11.8 Å². The van der Waals surface area contributed by atoms with Crippen molar-refractivity contribution in [3.05, 3.63) is 34.3 Å². The molecule has 3 unspecified atom stereocenters. The van der Waals surface area contributed by atoms with Crippen LogP contribution in [0.1, 0.15) is 35.2 Å². The number of carbonyl (C=O) groups excluding carboxylic acids is 1. The number of halogens is 4. The second kappa shape index (κ2) is 5.95. The molecule has 1 aromatic carbocycles. The van der Waals surface area contributed by atoms with Crippen molar-refractivity contribution >= 4 is 23.5 Å². The van der Waals surface area contributed by atoms with Crippen LogP contribution in [0.25, 0.3) is 0 Å². The maximum atomic E-state index is 12.9. The molecule has 2 fully saturated rings. The molecule has 24 heavy (non-hydrogen) atoms. The molecule has 3 atom stereocenters. The summed E-state index contributed by atoms with van der Waals surface area (Å²) in [6, 6.07) is 1.62. The molecule has 1 N–H and O–H groups in total. The first kappa shape index (κ1) is 17.1. The van der Waals surface area contributed by atoms with Crippen molar-refractivity contribution in [2.75, 3.05) is 6.54 Å². The third kappa shape index (κ3) is 2.97. The summed E-state index contributed by atoms with van der Waals surface area (Å²) in [5, 5.41) is 9.26. The summed E-state index contributed by atoms with van der Waals surface area (Å²) in [7, 11) is 0. The highest BCUT2D eigenvalue weighted by Crippen LogP contribution is 2.43. The van der Waals surface area contributed by atoms with Gasteiger partial charge in [-0.25, -0.2) is 4.79 Å². The molecule has 0 bridgehead atoms. The van der Waals surface area contributed by atoms with E-state index in [0.717, 1.165) is 37.5 Å². The van der Waals surface area contributed by atoms with Crippen LogP contribution in [0.2, 0.25) is 5.02 Å². The van der Waals surface area contributed by atoms with Gasteiger partial charge >= 0.3 is 12.1 Å². The number of rotatable bonds is 2. The minimum absolute atomic E-state index is 0.0938. The van der Waals surface area contributed by atoms with Crippen LogP contribution in [0.4, 0.5) is 13.2 Å². The lowest BCUT2D eigenvalue weighted by molar-refractivity contribution is -0.143. The molecule has 1 aromatic rings.